The van der Waals surface area contributed by atoms with Gasteiger partial charge in [-0.1, -0.05) is 40.0 Å². The largest absolute Gasteiger partial charge is 0.465 e. The number of hydrogen-bond donors (Lipinski definition) is 1. The van der Waals surface area contributed by atoms with Crippen LogP contribution in [0.3, 0.4) is 0 Å². The van der Waals surface area contributed by atoms with Crippen molar-refractivity contribution in [2.24, 2.45) is 11.7 Å². The molecule has 0 aliphatic carbocycles. The van der Waals surface area contributed by atoms with Gasteiger partial charge in [-0.2, -0.15) is 0 Å². The average Bonchev–Trinajstić information content (AvgIpc) is 2.21. The second kappa shape index (κ2) is 7.80. The average molecular weight is 201 g/mol. The van der Waals surface area contributed by atoms with E-state index in [0.29, 0.717) is 6.61 Å². The Morgan fingerprint density at radius 3 is 2.50 bits per heavy atom. The van der Waals surface area contributed by atoms with Gasteiger partial charge in [0, 0.05) is 0 Å². The summed E-state index contributed by atoms with van der Waals surface area (Å²) >= 11 is 0. The first-order chi connectivity index (χ1) is 6.63. The van der Waals surface area contributed by atoms with Crippen molar-refractivity contribution >= 4 is 5.97 Å². The van der Waals surface area contributed by atoms with E-state index in [2.05, 4.69) is 6.92 Å². The van der Waals surface area contributed by atoms with E-state index in [1.165, 1.54) is 0 Å². The first-order valence-electron chi connectivity index (χ1n) is 5.55. The molecule has 0 saturated heterocycles. The van der Waals surface area contributed by atoms with Crippen molar-refractivity contribution < 1.29 is 9.53 Å². The maximum Gasteiger partial charge on any atom is 0.323 e. The van der Waals surface area contributed by atoms with E-state index in [-0.39, 0.29) is 11.9 Å². The number of carbonyl (C=O) groups excluding carboxylic acids is 1. The molecule has 3 nitrogen and oxygen atoms in total. The van der Waals surface area contributed by atoms with E-state index in [4.69, 9.17) is 10.5 Å². The lowest BCUT2D eigenvalue weighted by atomic mass is 10.0. The summed E-state index contributed by atoms with van der Waals surface area (Å²) in [5.41, 5.74) is 5.71. The minimum atomic E-state index is -0.457. The minimum Gasteiger partial charge on any atom is -0.465 e. The topological polar surface area (TPSA) is 52.3 Å². The fourth-order valence-corrected chi connectivity index (χ4v) is 1.11. The van der Waals surface area contributed by atoms with Gasteiger partial charge in [-0.15, -0.1) is 0 Å². The van der Waals surface area contributed by atoms with Crippen LogP contribution in [0.15, 0.2) is 0 Å². The third-order valence-electron chi connectivity index (χ3n) is 2.52. The number of unbranched alkanes of at least 4 members (excludes halogenated alkanes) is 2. The number of carbonyl (C=O) groups is 1. The van der Waals surface area contributed by atoms with Gasteiger partial charge in [0.15, 0.2) is 0 Å². The van der Waals surface area contributed by atoms with Gasteiger partial charge in [0.2, 0.25) is 0 Å². The van der Waals surface area contributed by atoms with Gasteiger partial charge in [-0.05, 0) is 12.3 Å². The minimum absolute atomic E-state index is 0.202. The Labute approximate surface area is 87.0 Å². The lowest BCUT2D eigenvalue weighted by Crippen LogP contribution is -2.38. The highest BCUT2D eigenvalue weighted by atomic mass is 16.5. The zero-order valence-electron chi connectivity index (χ0n) is 9.58. The molecule has 0 bridgehead atoms. The molecular formula is C11H23NO2. The maximum atomic E-state index is 11.4. The summed E-state index contributed by atoms with van der Waals surface area (Å²) in [7, 11) is 0. The van der Waals surface area contributed by atoms with E-state index in [1.54, 1.807) is 0 Å². The Morgan fingerprint density at radius 2 is 2.00 bits per heavy atom. The highest BCUT2D eigenvalue weighted by Crippen LogP contribution is 2.07. The Kier molecular flexibility index (Phi) is 7.48. The molecular weight excluding hydrogens is 178 g/mol. The Morgan fingerprint density at radius 1 is 1.36 bits per heavy atom. The van der Waals surface area contributed by atoms with Gasteiger partial charge in [0.1, 0.15) is 6.04 Å². The number of nitrogens with two attached hydrogens (primary N) is 1. The molecule has 0 saturated carbocycles. The van der Waals surface area contributed by atoms with Gasteiger partial charge < -0.3 is 10.5 Å². The van der Waals surface area contributed by atoms with E-state index in [1.807, 2.05) is 13.8 Å². The summed E-state index contributed by atoms with van der Waals surface area (Å²) in [5, 5.41) is 0. The summed E-state index contributed by atoms with van der Waals surface area (Å²) in [6.07, 6.45) is 4.08. The smallest absolute Gasteiger partial charge is 0.323 e. The van der Waals surface area contributed by atoms with Crippen LogP contribution in [0.5, 0.6) is 0 Å². The zero-order chi connectivity index (χ0) is 11.0. The second-order valence-electron chi connectivity index (χ2n) is 3.79. The van der Waals surface area contributed by atoms with Gasteiger partial charge in [-0.3, -0.25) is 4.79 Å². The lowest BCUT2D eigenvalue weighted by Gasteiger charge is -2.16. The molecule has 0 radical (unpaired) electrons. The van der Waals surface area contributed by atoms with Crippen molar-refractivity contribution in [2.75, 3.05) is 6.61 Å². The molecule has 2 atom stereocenters. The van der Waals surface area contributed by atoms with Gasteiger partial charge in [-0.25, -0.2) is 0 Å². The zero-order valence-corrected chi connectivity index (χ0v) is 9.58. The summed E-state index contributed by atoms with van der Waals surface area (Å²) in [6.45, 7) is 6.62. The molecule has 14 heavy (non-hydrogen) atoms. The van der Waals surface area contributed by atoms with E-state index in [9.17, 15) is 4.79 Å². The van der Waals surface area contributed by atoms with Crippen molar-refractivity contribution in [1.29, 1.82) is 0 Å². The van der Waals surface area contributed by atoms with Crippen LogP contribution in [0.2, 0.25) is 0 Å². The van der Waals surface area contributed by atoms with Crippen molar-refractivity contribution in [3.05, 3.63) is 0 Å². The molecule has 0 spiro atoms. The molecule has 3 heteroatoms. The molecule has 0 aromatic rings. The summed E-state index contributed by atoms with van der Waals surface area (Å²) in [6, 6.07) is -0.457. The molecule has 0 heterocycles. The molecule has 0 aliphatic rings. The summed E-state index contributed by atoms with van der Waals surface area (Å²) in [5.74, 6) is -0.0517. The van der Waals surface area contributed by atoms with Crippen molar-refractivity contribution in [1.82, 2.24) is 0 Å². The quantitative estimate of drug-likeness (QED) is 0.507. The number of esters is 1. The molecule has 0 unspecified atom stereocenters. The van der Waals surface area contributed by atoms with Gasteiger partial charge >= 0.3 is 5.97 Å². The third kappa shape index (κ3) is 5.22. The fourth-order valence-electron chi connectivity index (χ4n) is 1.11. The summed E-state index contributed by atoms with van der Waals surface area (Å²) < 4.78 is 5.06. The van der Waals surface area contributed by atoms with Gasteiger partial charge in [0.25, 0.3) is 0 Å². The predicted molar refractivity (Wildman–Crippen MR) is 57.9 cm³/mol. The van der Waals surface area contributed by atoms with Crippen molar-refractivity contribution in [2.45, 2.75) is 52.5 Å². The molecule has 0 aromatic carbocycles. The first kappa shape index (κ1) is 13.4. The van der Waals surface area contributed by atoms with E-state index >= 15 is 0 Å². The Bertz CT molecular complexity index is 159. The maximum absolute atomic E-state index is 11.4. The summed E-state index contributed by atoms with van der Waals surface area (Å²) in [4.78, 5) is 11.4. The SMILES string of the molecule is CCCCCOC(=O)[C@@H](N)[C@@H](C)CC. The molecule has 84 valence electrons. The molecule has 0 fully saturated rings. The Balaban J connectivity index is 3.62. The normalized spacial score (nSPS) is 14.9. The lowest BCUT2D eigenvalue weighted by molar-refractivity contribution is -0.146. The van der Waals surface area contributed by atoms with Crippen molar-refractivity contribution in [3.8, 4) is 0 Å². The van der Waals surface area contributed by atoms with Crippen LogP contribution in [0, 0.1) is 5.92 Å². The number of ether oxygens (including phenoxy) is 1. The van der Waals surface area contributed by atoms with Crippen LogP contribution >= 0.6 is 0 Å². The number of rotatable bonds is 7. The molecule has 0 aliphatic heterocycles. The highest BCUT2D eigenvalue weighted by Gasteiger charge is 2.20. The van der Waals surface area contributed by atoms with Crippen LogP contribution < -0.4 is 5.73 Å². The van der Waals surface area contributed by atoms with E-state index in [0.717, 1.165) is 25.7 Å². The second-order valence-corrected chi connectivity index (χ2v) is 3.79. The van der Waals surface area contributed by atoms with Gasteiger partial charge in [0.05, 0.1) is 6.61 Å². The van der Waals surface area contributed by atoms with Crippen LogP contribution in [-0.2, 0) is 9.53 Å². The van der Waals surface area contributed by atoms with Crippen LogP contribution in [0.25, 0.3) is 0 Å². The van der Waals surface area contributed by atoms with Crippen LogP contribution in [0.4, 0.5) is 0 Å². The van der Waals surface area contributed by atoms with E-state index < -0.39 is 6.04 Å². The van der Waals surface area contributed by atoms with Crippen LogP contribution in [-0.4, -0.2) is 18.6 Å². The first-order valence-corrected chi connectivity index (χ1v) is 5.55. The predicted octanol–water partition coefficient (Wildman–Crippen LogP) is 2.09. The highest BCUT2D eigenvalue weighted by molar-refractivity contribution is 5.75. The third-order valence-corrected chi connectivity index (χ3v) is 2.52. The molecule has 0 rings (SSSR count). The monoisotopic (exact) mass is 201 g/mol. The molecule has 0 aromatic heterocycles. The number of hydrogen-bond acceptors (Lipinski definition) is 3. The van der Waals surface area contributed by atoms with Crippen LogP contribution in [0.1, 0.15) is 46.5 Å². The molecule has 2 N–H and O–H groups in total. The standard InChI is InChI=1S/C11H23NO2/c1-4-6-7-8-14-11(13)10(12)9(3)5-2/h9-10H,4-8,12H2,1-3H3/t9-,10-/m0/s1. The Hall–Kier alpha value is -0.570. The van der Waals surface area contributed by atoms with Crippen molar-refractivity contribution in [3.63, 3.8) is 0 Å². The molecule has 0 amide bonds. The fraction of sp³-hybridized carbons (Fsp3) is 0.909.